The Morgan fingerprint density at radius 1 is 1.67 bits per heavy atom. The summed E-state index contributed by atoms with van der Waals surface area (Å²) in [5.74, 6) is 0. The second kappa shape index (κ2) is 7.01. The van der Waals surface area contributed by atoms with Crippen molar-refractivity contribution in [2.75, 3.05) is 20.3 Å². The normalized spacial score (nSPS) is 20.7. The molecular formula is C13H20BrNO2S. The van der Waals surface area contributed by atoms with Gasteiger partial charge in [-0.05, 0) is 53.2 Å². The molecule has 5 heteroatoms. The summed E-state index contributed by atoms with van der Waals surface area (Å²) in [6.45, 7) is 0.853. The second-order valence-corrected chi connectivity index (χ2v) is 7.22. The largest absolute Gasteiger partial charge is 0.395 e. The van der Waals surface area contributed by atoms with Gasteiger partial charge in [0.2, 0.25) is 0 Å². The molecule has 1 heterocycles. The van der Waals surface area contributed by atoms with E-state index in [1.807, 2.05) is 11.3 Å². The van der Waals surface area contributed by atoms with E-state index in [4.69, 9.17) is 4.74 Å². The number of fused-ring (bicyclic) bond motifs is 1. The highest BCUT2D eigenvalue weighted by molar-refractivity contribution is 9.11. The Bertz CT molecular complexity index is 383. The molecule has 0 bridgehead atoms. The molecular weight excluding hydrogens is 314 g/mol. The number of aliphatic hydroxyl groups excluding tert-OH is 1. The number of hydrogen-bond donors (Lipinski definition) is 2. The van der Waals surface area contributed by atoms with Gasteiger partial charge < -0.3 is 15.2 Å². The van der Waals surface area contributed by atoms with Crippen LogP contribution in [-0.2, 0) is 11.2 Å². The first-order valence-corrected chi connectivity index (χ1v) is 7.99. The lowest BCUT2D eigenvalue weighted by Gasteiger charge is -2.28. The first kappa shape index (κ1) is 14.5. The fourth-order valence-corrected chi connectivity index (χ4v) is 4.29. The van der Waals surface area contributed by atoms with E-state index in [0.29, 0.717) is 12.6 Å². The SMILES string of the molecule is COCCC(CO)NC1CCCc2sc(Br)cc21. The van der Waals surface area contributed by atoms with Gasteiger partial charge in [0, 0.05) is 30.7 Å². The van der Waals surface area contributed by atoms with Crippen LogP contribution in [0.25, 0.3) is 0 Å². The summed E-state index contributed by atoms with van der Waals surface area (Å²) in [4.78, 5) is 1.48. The lowest BCUT2D eigenvalue weighted by molar-refractivity contribution is 0.153. The van der Waals surface area contributed by atoms with Crippen molar-refractivity contribution in [1.29, 1.82) is 0 Å². The van der Waals surface area contributed by atoms with Crippen LogP contribution in [0.4, 0.5) is 0 Å². The number of hydrogen-bond acceptors (Lipinski definition) is 4. The Morgan fingerprint density at radius 2 is 2.50 bits per heavy atom. The second-order valence-electron chi connectivity index (χ2n) is 4.70. The van der Waals surface area contributed by atoms with Crippen LogP contribution in [0.3, 0.4) is 0 Å². The summed E-state index contributed by atoms with van der Waals surface area (Å²) in [6.07, 6.45) is 4.41. The molecule has 3 nitrogen and oxygen atoms in total. The van der Waals surface area contributed by atoms with E-state index < -0.39 is 0 Å². The van der Waals surface area contributed by atoms with Gasteiger partial charge in [-0.1, -0.05) is 0 Å². The molecule has 102 valence electrons. The molecule has 1 aliphatic rings. The van der Waals surface area contributed by atoms with E-state index in [9.17, 15) is 5.11 Å². The highest BCUT2D eigenvalue weighted by Crippen LogP contribution is 2.38. The van der Waals surface area contributed by atoms with Gasteiger partial charge in [-0.15, -0.1) is 11.3 Å². The predicted molar refractivity (Wildman–Crippen MR) is 78.2 cm³/mol. The zero-order valence-corrected chi connectivity index (χ0v) is 13.0. The van der Waals surface area contributed by atoms with E-state index in [1.54, 1.807) is 7.11 Å². The lowest BCUT2D eigenvalue weighted by atomic mass is 9.93. The van der Waals surface area contributed by atoms with Gasteiger partial charge >= 0.3 is 0 Å². The lowest BCUT2D eigenvalue weighted by Crippen LogP contribution is -2.37. The van der Waals surface area contributed by atoms with Crippen molar-refractivity contribution < 1.29 is 9.84 Å². The maximum atomic E-state index is 9.41. The zero-order valence-electron chi connectivity index (χ0n) is 10.6. The molecule has 0 saturated carbocycles. The number of ether oxygens (including phenoxy) is 1. The van der Waals surface area contributed by atoms with Crippen molar-refractivity contribution in [2.45, 2.75) is 37.8 Å². The van der Waals surface area contributed by atoms with Crippen molar-refractivity contribution >= 4 is 27.3 Å². The molecule has 1 aromatic rings. The van der Waals surface area contributed by atoms with E-state index >= 15 is 0 Å². The molecule has 2 unspecified atom stereocenters. The summed E-state index contributed by atoms with van der Waals surface area (Å²) in [5, 5.41) is 13.0. The smallest absolute Gasteiger partial charge is 0.0704 e. The first-order valence-electron chi connectivity index (χ1n) is 6.38. The van der Waals surface area contributed by atoms with E-state index in [1.165, 1.54) is 27.1 Å². The Hall–Kier alpha value is 0.0600. The van der Waals surface area contributed by atoms with Crippen LogP contribution in [0.5, 0.6) is 0 Å². The third-order valence-corrected chi connectivity index (χ3v) is 5.13. The molecule has 2 rings (SSSR count). The van der Waals surface area contributed by atoms with Crippen molar-refractivity contribution in [3.05, 3.63) is 20.3 Å². The molecule has 1 aliphatic carbocycles. The molecule has 1 aromatic heterocycles. The minimum absolute atomic E-state index is 0.125. The number of thiophene rings is 1. The maximum Gasteiger partial charge on any atom is 0.0704 e. The van der Waals surface area contributed by atoms with Gasteiger partial charge in [0.05, 0.1) is 10.4 Å². The fourth-order valence-electron chi connectivity index (χ4n) is 2.47. The molecule has 0 saturated heterocycles. The molecule has 0 amide bonds. The minimum atomic E-state index is 0.125. The van der Waals surface area contributed by atoms with Gasteiger partial charge in [0.25, 0.3) is 0 Å². The fraction of sp³-hybridized carbons (Fsp3) is 0.692. The van der Waals surface area contributed by atoms with Crippen molar-refractivity contribution in [3.63, 3.8) is 0 Å². The number of rotatable bonds is 6. The number of aliphatic hydroxyl groups is 1. The third-order valence-electron chi connectivity index (χ3n) is 3.41. The van der Waals surface area contributed by atoms with Crippen LogP contribution in [0.1, 0.15) is 35.7 Å². The highest BCUT2D eigenvalue weighted by atomic mass is 79.9. The van der Waals surface area contributed by atoms with Crippen LogP contribution in [0, 0.1) is 0 Å². The van der Waals surface area contributed by atoms with Crippen LogP contribution >= 0.6 is 27.3 Å². The molecule has 2 N–H and O–H groups in total. The van der Waals surface area contributed by atoms with Gasteiger partial charge in [-0.3, -0.25) is 0 Å². The molecule has 0 fully saturated rings. The molecule has 0 aromatic carbocycles. The van der Waals surface area contributed by atoms with E-state index in [0.717, 1.165) is 12.8 Å². The quantitative estimate of drug-likeness (QED) is 0.841. The molecule has 0 radical (unpaired) electrons. The topological polar surface area (TPSA) is 41.5 Å². The molecule has 0 spiro atoms. The van der Waals surface area contributed by atoms with Gasteiger partial charge in [0.1, 0.15) is 0 Å². The Morgan fingerprint density at radius 3 is 3.22 bits per heavy atom. The van der Waals surface area contributed by atoms with Gasteiger partial charge in [-0.2, -0.15) is 0 Å². The van der Waals surface area contributed by atoms with Crippen LogP contribution in [-0.4, -0.2) is 31.5 Å². The van der Waals surface area contributed by atoms with Crippen LogP contribution in [0.2, 0.25) is 0 Å². The Balaban J connectivity index is 2.01. The Kier molecular flexibility index (Phi) is 5.63. The average Bonchev–Trinajstić information content (AvgIpc) is 2.75. The standard InChI is InChI=1S/C13H20BrNO2S/c1-17-6-5-9(8-16)15-11-3-2-4-12-10(11)7-13(14)18-12/h7,9,11,15-16H,2-6,8H2,1H3. The van der Waals surface area contributed by atoms with Crippen molar-refractivity contribution in [2.24, 2.45) is 0 Å². The monoisotopic (exact) mass is 333 g/mol. The summed E-state index contributed by atoms with van der Waals surface area (Å²) >= 11 is 5.40. The Labute approximate surface area is 121 Å². The number of methoxy groups -OCH3 is 1. The number of halogens is 1. The summed E-state index contributed by atoms with van der Waals surface area (Å²) in [6, 6.07) is 2.73. The minimum Gasteiger partial charge on any atom is -0.395 e. The number of nitrogens with one attached hydrogen (secondary N) is 1. The van der Waals surface area contributed by atoms with Crippen LogP contribution < -0.4 is 5.32 Å². The van der Waals surface area contributed by atoms with Crippen molar-refractivity contribution in [3.8, 4) is 0 Å². The molecule has 2 atom stereocenters. The predicted octanol–water partition coefficient (Wildman–Crippen LogP) is 2.88. The third kappa shape index (κ3) is 3.54. The summed E-state index contributed by atoms with van der Waals surface area (Å²) in [7, 11) is 1.70. The average molecular weight is 334 g/mol. The number of aryl methyl sites for hydroxylation is 1. The zero-order chi connectivity index (χ0) is 13.0. The van der Waals surface area contributed by atoms with Crippen molar-refractivity contribution in [1.82, 2.24) is 5.32 Å². The summed E-state index contributed by atoms with van der Waals surface area (Å²) < 4.78 is 6.29. The van der Waals surface area contributed by atoms with Crippen LogP contribution in [0.15, 0.2) is 9.85 Å². The van der Waals surface area contributed by atoms with Gasteiger partial charge in [0.15, 0.2) is 0 Å². The van der Waals surface area contributed by atoms with E-state index in [2.05, 4.69) is 27.3 Å². The summed E-state index contributed by atoms with van der Waals surface area (Å²) in [5.41, 5.74) is 1.41. The molecule has 0 aliphatic heterocycles. The van der Waals surface area contributed by atoms with E-state index in [-0.39, 0.29) is 12.6 Å². The van der Waals surface area contributed by atoms with Gasteiger partial charge in [-0.25, -0.2) is 0 Å². The first-order chi connectivity index (χ1) is 8.74. The molecule has 18 heavy (non-hydrogen) atoms. The highest BCUT2D eigenvalue weighted by Gasteiger charge is 2.24. The maximum absolute atomic E-state index is 9.41.